The Kier molecular flexibility index (Phi) is 7.72. The third kappa shape index (κ3) is 5.87. The van der Waals surface area contributed by atoms with Crippen LogP contribution in [-0.2, 0) is 4.79 Å². The van der Waals surface area contributed by atoms with Crippen LogP contribution in [0, 0.1) is 0 Å². The van der Waals surface area contributed by atoms with Gasteiger partial charge in [-0.05, 0) is 52.9 Å². The summed E-state index contributed by atoms with van der Waals surface area (Å²) < 4.78 is 0. The van der Waals surface area contributed by atoms with E-state index in [0.717, 1.165) is 32.6 Å². The standard InChI is InChI=1S/C19H35N3O2/c1-15-13-22(12-11-21(15)14-16(2)23)17(3)19(24)20-10-9-18-7-5-4-6-8-18/h7,15-17,23H,4-6,8-14H2,1-3H3,(H,20,24)/t15-,16+,17+/m1/s1. The molecule has 1 fully saturated rings. The summed E-state index contributed by atoms with van der Waals surface area (Å²) in [6, 6.07) is 0.289. The highest BCUT2D eigenvalue weighted by Crippen LogP contribution is 2.19. The maximum atomic E-state index is 12.4. The first-order valence-corrected chi connectivity index (χ1v) is 9.59. The van der Waals surface area contributed by atoms with Crippen LogP contribution < -0.4 is 5.32 Å². The molecule has 0 bridgehead atoms. The number of nitrogens with zero attached hydrogens (tertiary/aromatic N) is 2. The van der Waals surface area contributed by atoms with Crippen molar-refractivity contribution in [2.24, 2.45) is 0 Å². The SMILES string of the molecule is C[C@H](O)CN1CCN([C@@H](C)C(=O)NCCC2=CCCCC2)C[C@H]1C. The minimum Gasteiger partial charge on any atom is -0.392 e. The highest BCUT2D eigenvalue weighted by molar-refractivity contribution is 5.81. The third-order valence-corrected chi connectivity index (χ3v) is 5.35. The quantitative estimate of drug-likeness (QED) is 0.695. The smallest absolute Gasteiger partial charge is 0.237 e. The second kappa shape index (κ2) is 9.54. The molecule has 1 aliphatic carbocycles. The summed E-state index contributed by atoms with van der Waals surface area (Å²) in [6.45, 7) is 10.2. The molecule has 0 aromatic rings. The number of aliphatic hydroxyl groups is 1. The van der Waals surface area contributed by atoms with E-state index in [4.69, 9.17) is 0 Å². The monoisotopic (exact) mass is 337 g/mol. The molecule has 2 aliphatic rings. The van der Waals surface area contributed by atoms with E-state index in [-0.39, 0.29) is 18.1 Å². The van der Waals surface area contributed by atoms with Crippen LogP contribution in [0.1, 0.15) is 52.9 Å². The van der Waals surface area contributed by atoms with Gasteiger partial charge < -0.3 is 10.4 Å². The molecule has 3 atom stereocenters. The van der Waals surface area contributed by atoms with Crippen molar-refractivity contribution in [3.63, 3.8) is 0 Å². The number of piperazine rings is 1. The van der Waals surface area contributed by atoms with E-state index < -0.39 is 0 Å². The molecule has 2 rings (SSSR count). The molecule has 0 saturated carbocycles. The van der Waals surface area contributed by atoms with Gasteiger partial charge >= 0.3 is 0 Å². The largest absolute Gasteiger partial charge is 0.392 e. The van der Waals surface area contributed by atoms with E-state index in [9.17, 15) is 9.90 Å². The molecule has 0 spiro atoms. The first kappa shape index (κ1) is 19.4. The lowest BCUT2D eigenvalue weighted by atomic mass is 9.97. The van der Waals surface area contributed by atoms with Gasteiger partial charge in [0.05, 0.1) is 12.1 Å². The lowest BCUT2D eigenvalue weighted by molar-refractivity contribution is -0.127. The van der Waals surface area contributed by atoms with Crippen molar-refractivity contribution in [3.8, 4) is 0 Å². The van der Waals surface area contributed by atoms with Gasteiger partial charge in [0, 0.05) is 38.8 Å². The normalized spacial score (nSPS) is 25.8. The number of rotatable bonds is 7. The Morgan fingerprint density at radius 3 is 2.79 bits per heavy atom. The molecule has 0 aromatic carbocycles. The van der Waals surface area contributed by atoms with Crippen LogP contribution in [-0.4, -0.2) is 71.7 Å². The molecule has 2 N–H and O–H groups in total. The van der Waals surface area contributed by atoms with Gasteiger partial charge in [0.15, 0.2) is 0 Å². The molecule has 1 amide bonds. The fraction of sp³-hybridized carbons (Fsp3) is 0.842. The first-order chi connectivity index (χ1) is 11.5. The Morgan fingerprint density at radius 2 is 2.17 bits per heavy atom. The zero-order valence-corrected chi connectivity index (χ0v) is 15.6. The van der Waals surface area contributed by atoms with Crippen LogP contribution in [0.15, 0.2) is 11.6 Å². The van der Waals surface area contributed by atoms with E-state index in [0.29, 0.717) is 12.6 Å². The number of nitrogens with one attached hydrogen (secondary N) is 1. The fourth-order valence-corrected chi connectivity index (χ4v) is 3.78. The van der Waals surface area contributed by atoms with E-state index in [1.807, 2.05) is 13.8 Å². The molecule has 5 heteroatoms. The highest BCUT2D eigenvalue weighted by Gasteiger charge is 2.29. The minimum absolute atomic E-state index is 0.0820. The molecule has 138 valence electrons. The Bertz CT molecular complexity index is 436. The van der Waals surface area contributed by atoms with Gasteiger partial charge in [0.2, 0.25) is 5.91 Å². The predicted molar refractivity (Wildman–Crippen MR) is 97.9 cm³/mol. The Morgan fingerprint density at radius 1 is 1.38 bits per heavy atom. The van der Waals surface area contributed by atoms with Crippen LogP contribution in [0.2, 0.25) is 0 Å². The van der Waals surface area contributed by atoms with Crippen molar-refractivity contribution in [2.75, 3.05) is 32.7 Å². The molecular formula is C19H35N3O2. The van der Waals surface area contributed by atoms with Crippen molar-refractivity contribution in [2.45, 2.75) is 71.1 Å². The summed E-state index contributed by atoms with van der Waals surface area (Å²) >= 11 is 0. The van der Waals surface area contributed by atoms with Crippen LogP contribution in [0.5, 0.6) is 0 Å². The molecule has 1 saturated heterocycles. The summed E-state index contributed by atoms with van der Waals surface area (Å²) in [6.07, 6.45) is 8.06. The van der Waals surface area contributed by atoms with Crippen molar-refractivity contribution >= 4 is 5.91 Å². The number of hydrogen-bond acceptors (Lipinski definition) is 4. The zero-order chi connectivity index (χ0) is 17.5. The molecule has 24 heavy (non-hydrogen) atoms. The number of amides is 1. The highest BCUT2D eigenvalue weighted by atomic mass is 16.3. The number of aliphatic hydroxyl groups excluding tert-OH is 1. The summed E-state index contributed by atoms with van der Waals surface area (Å²) in [5.74, 6) is 0.141. The van der Waals surface area contributed by atoms with Gasteiger partial charge in [-0.1, -0.05) is 11.6 Å². The van der Waals surface area contributed by atoms with E-state index in [2.05, 4.69) is 28.1 Å². The Hall–Kier alpha value is -0.910. The lowest BCUT2D eigenvalue weighted by Crippen LogP contribution is -2.58. The summed E-state index contributed by atoms with van der Waals surface area (Å²) in [4.78, 5) is 17.0. The van der Waals surface area contributed by atoms with Gasteiger partial charge in [-0.25, -0.2) is 0 Å². The number of carbonyl (C=O) groups excluding carboxylic acids is 1. The molecule has 1 aliphatic heterocycles. The van der Waals surface area contributed by atoms with Crippen molar-refractivity contribution < 1.29 is 9.90 Å². The fourth-order valence-electron chi connectivity index (χ4n) is 3.78. The van der Waals surface area contributed by atoms with Crippen molar-refractivity contribution in [1.29, 1.82) is 0 Å². The average Bonchev–Trinajstić information content (AvgIpc) is 2.56. The third-order valence-electron chi connectivity index (χ3n) is 5.35. The molecule has 5 nitrogen and oxygen atoms in total. The van der Waals surface area contributed by atoms with Gasteiger partial charge in [0.25, 0.3) is 0 Å². The predicted octanol–water partition coefficient (Wildman–Crippen LogP) is 1.77. The topological polar surface area (TPSA) is 55.8 Å². The van der Waals surface area contributed by atoms with Gasteiger partial charge in [-0.15, -0.1) is 0 Å². The second-order valence-corrected chi connectivity index (χ2v) is 7.51. The summed E-state index contributed by atoms with van der Waals surface area (Å²) in [7, 11) is 0. The van der Waals surface area contributed by atoms with Crippen molar-refractivity contribution in [3.05, 3.63) is 11.6 Å². The molecule has 0 unspecified atom stereocenters. The maximum absolute atomic E-state index is 12.4. The molecule has 0 radical (unpaired) electrons. The Balaban J connectivity index is 1.71. The van der Waals surface area contributed by atoms with Crippen LogP contribution in [0.4, 0.5) is 0 Å². The van der Waals surface area contributed by atoms with Crippen LogP contribution in [0.25, 0.3) is 0 Å². The van der Waals surface area contributed by atoms with Gasteiger partial charge in [0.1, 0.15) is 0 Å². The number of hydrogen-bond donors (Lipinski definition) is 2. The number of β-amino-alcohol motifs (C(OH)–C–C–N with tert-alkyl or cyclic N) is 1. The molecule has 1 heterocycles. The number of carbonyl (C=O) groups is 1. The first-order valence-electron chi connectivity index (χ1n) is 9.59. The van der Waals surface area contributed by atoms with E-state index in [1.54, 1.807) is 0 Å². The van der Waals surface area contributed by atoms with Gasteiger partial charge in [-0.3, -0.25) is 14.6 Å². The minimum atomic E-state index is -0.297. The maximum Gasteiger partial charge on any atom is 0.237 e. The second-order valence-electron chi connectivity index (χ2n) is 7.51. The number of allylic oxidation sites excluding steroid dienone is 1. The van der Waals surface area contributed by atoms with Gasteiger partial charge in [-0.2, -0.15) is 0 Å². The molecular weight excluding hydrogens is 302 g/mol. The van der Waals surface area contributed by atoms with E-state index >= 15 is 0 Å². The lowest BCUT2D eigenvalue weighted by Gasteiger charge is -2.42. The van der Waals surface area contributed by atoms with Crippen molar-refractivity contribution in [1.82, 2.24) is 15.1 Å². The summed E-state index contributed by atoms with van der Waals surface area (Å²) in [5.41, 5.74) is 1.51. The van der Waals surface area contributed by atoms with Crippen LogP contribution >= 0.6 is 0 Å². The average molecular weight is 338 g/mol. The van der Waals surface area contributed by atoms with E-state index in [1.165, 1.54) is 31.3 Å². The Labute approximate surface area is 147 Å². The zero-order valence-electron chi connectivity index (χ0n) is 15.6. The van der Waals surface area contributed by atoms with Crippen LogP contribution in [0.3, 0.4) is 0 Å². The molecule has 0 aromatic heterocycles. The summed E-state index contributed by atoms with van der Waals surface area (Å²) in [5, 5.41) is 12.7.